The fourth-order valence-corrected chi connectivity index (χ4v) is 1.54. The van der Waals surface area contributed by atoms with E-state index in [1.165, 1.54) is 6.07 Å². The molecule has 1 aromatic rings. The lowest BCUT2D eigenvalue weighted by Crippen LogP contribution is -2.42. The number of carbonyl (C=O) groups excluding carboxylic acids is 1. The third kappa shape index (κ3) is 3.15. The number of benzene rings is 1. The van der Waals surface area contributed by atoms with Crippen LogP contribution in [0.3, 0.4) is 0 Å². The molecule has 0 radical (unpaired) electrons. The molecular weight excluding hydrogens is 250 g/mol. The smallest absolute Gasteiger partial charge is 0.327 e. The van der Waals surface area contributed by atoms with Crippen LogP contribution in [0.4, 0.5) is 0 Å². The summed E-state index contributed by atoms with van der Waals surface area (Å²) in [5, 5.41) is 11.3. The van der Waals surface area contributed by atoms with Gasteiger partial charge in [0.25, 0.3) is 5.91 Å². The maximum absolute atomic E-state index is 11.6. The average molecular weight is 260 g/mol. The van der Waals surface area contributed by atoms with Crippen molar-refractivity contribution in [2.75, 3.05) is 5.75 Å². The van der Waals surface area contributed by atoms with Crippen LogP contribution in [0.15, 0.2) is 24.3 Å². The minimum absolute atomic E-state index is 0.0194. The van der Waals surface area contributed by atoms with Crippen LogP contribution in [-0.2, 0) is 4.79 Å². The van der Waals surface area contributed by atoms with Crippen molar-refractivity contribution in [1.29, 1.82) is 0 Å². The van der Waals surface area contributed by atoms with Gasteiger partial charge in [0.15, 0.2) is 0 Å². The molecule has 16 heavy (non-hydrogen) atoms. The molecule has 0 saturated carbocycles. The molecule has 0 aliphatic heterocycles. The van der Waals surface area contributed by atoms with Crippen molar-refractivity contribution in [2.24, 2.45) is 0 Å². The Morgan fingerprint density at radius 3 is 2.56 bits per heavy atom. The van der Waals surface area contributed by atoms with Crippen molar-refractivity contribution in [1.82, 2.24) is 5.32 Å². The highest BCUT2D eigenvalue weighted by Gasteiger charge is 2.19. The van der Waals surface area contributed by atoms with Crippen LogP contribution < -0.4 is 5.32 Å². The van der Waals surface area contributed by atoms with E-state index in [1.807, 2.05) is 0 Å². The SMILES string of the molecule is O=C(NC(CS)C(=O)O)c1ccccc1Cl. The predicted octanol–water partition coefficient (Wildman–Crippen LogP) is 1.45. The summed E-state index contributed by atoms with van der Waals surface area (Å²) in [6.45, 7) is 0. The lowest BCUT2D eigenvalue weighted by Gasteiger charge is -2.12. The van der Waals surface area contributed by atoms with Crippen molar-refractivity contribution in [3.8, 4) is 0 Å². The van der Waals surface area contributed by atoms with Gasteiger partial charge < -0.3 is 10.4 Å². The summed E-state index contributed by atoms with van der Waals surface area (Å²) in [5.41, 5.74) is 0.247. The maximum atomic E-state index is 11.6. The molecule has 1 rings (SSSR count). The number of halogens is 1. The van der Waals surface area contributed by atoms with E-state index in [9.17, 15) is 9.59 Å². The van der Waals surface area contributed by atoms with Gasteiger partial charge in [0.05, 0.1) is 10.6 Å². The maximum Gasteiger partial charge on any atom is 0.327 e. The zero-order chi connectivity index (χ0) is 12.1. The van der Waals surface area contributed by atoms with E-state index in [4.69, 9.17) is 16.7 Å². The largest absolute Gasteiger partial charge is 0.480 e. The van der Waals surface area contributed by atoms with Gasteiger partial charge in [-0.2, -0.15) is 12.6 Å². The van der Waals surface area contributed by atoms with E-state index in [-0.39, 0.29) is 16.3 Å². The van der Waals surface area contributed by atoms with Crippen LogP contribution in [0.2, 0.25) is 5.02 Å². The van der Waals surface area contributed by atoms with Crippen molar-refractivity contribution >= 4 is 36.1 Å². The fraction of sp³-hybridized carbons (Fsp3) is 0.200. The molecule has 0 aliphatic carbocycles. The van der Waals surface area contributed by atoms with E-state index in [1.54, 1.807) is 18.2 Å². The molecule has 2 N–H and O–H groups in total. The van der Waals surface area contributed by atoms with Crippen LogP contribution in [0.5, 0.6) is 0 Å². The molecule has 0 bridgehead atoms. The summed E-state index contributed by atoms with van der Waals surface area (Å²) < 4.78 is 0. The molecule has 1 unspecified atom stereocenters. The predicted molar refractivity (Wildman–Crippen MR) is 64.2 cm³/mol. The van der Waals surface area contributed by atoms with E-state index in [0.29, 0.717) is 0 Å². The lowest BCUT2D eigenvalue weighted by atomic mass is 10.2. The third-order valence-electron chi connectivity index (χ3n) is 1.90. The Kier molecular flexibility index (Phi) is 4.64. The van der Waals surface area contributed by atoms with Crippen molar-refractivity contribution in [3.63, 3.8) is 0 Å². The highest BCUT2D eigenvalue weighted by molar-refractivity contribution is 7.80. The number of carbonyl (C=O) groups is 2. The first-order valence-corrected chi connectivity index (χ1v) is 5.46. The van der Waals surface area contributed by atoms with Crippen molar-refractivity contribution in [2.45, 2.75) is 6.04 Å². The Morgan fingerprint density at radius 1 is 1.44 bits per heavy atom. The number of aliphatic carboxylic acids is 1. The van der Waals surface area contributed by atoms with Gasteiger partial charge >= 0.3 is 5.97 Å². The first-order chi connectivity index (χ1) is 7.56. The molecule has 1 amide bonds. The molecule has 0 heterocycles. The second kappa shape index (κ2) is 5.77. The van der Waals surface area contributed by atoms with Gasteiger partial charge in [0, 0.05) is 5.75 Å². The Hall–Kier alpha value is -1.20. The summed E-state index contributed by atoms with van der Waals surface area (Å²) >= 11 is 9.64. The standard InChI is InChI=1S/C10H10ClNO3S/c11-7-4-2-1-3-6(7)9(13)12-8(5-16)10(14)15/h1-4,8,16H,5H2,(H,12,13)(H,14,15). The van der Waals surface area contributed by atoms with Crippen LogP contribution in [-0.4, -0.2) is 28.8 Å². The zero-order valence-corrected chi connectivity index (χ0v) is 9.83. The first kappa shape index (κ1) is 12.9. The van der Waals surface area contributed by atoms with E-state index < -0.39 is 17.9 Å². The van der Waals surface area contributed by atoms with Crippen molar-refractivity contribution in [3.05, 3.63) is 34.9 Å². The molecule has 0 spiro atoms. The number of amides is 1. The summed E-state index contributed by atoms with van der Waals surface area (Å²) in [4.78, 5) is 22.3. The second-order valence-corrected chi connectivity index (χ2v) is 3.80. The molecule has 1 aromatic carbocycles. The van der Waals surface area contributed by atoms with Crippen LogP contribution in [0.1, 0.15) is 10.4 Å². The minimum Gasteiger partial charge on any atom is -0.480 e. The van der Waals surface area contributed by atoms with Gasteiger partial charge in [-0.1, -0.05) is 23.7 Å². The number of rotatable bonds is 4. The topological polar surface area (TPSA) is 66.4 Å². The molecule has 0 fully saturated rings. The number of nitrogens with one attached hydrogen (secondary N) is 1. The number of hydrogen-bond acceptors (Lipinski definition) is 3. The van der Waals surface area contributed by atoms with Gasteiger partial charge in [-0.05, 0) is 12.1 Å². The van der Waals surface area contributed by atoms with Gasteiger partial charge in [-0.15, -0.1) is 0 Å². The normalized spacial score (nSPS) is 11.9. The van der Waals surface area contributed by atoms with Crippen LogP contribution in [0.25, 0.3) is 0 Å². The van der Waals surface area contributed by atoms with Crippen LogP contribution in [0, 0.1) is 0 Å². The lowest BCUT2D eigenvalue weighted by molar-refractivity contribution is -0.138. The molecule has 6 heteroatoms. The second-order valence-electron chi connectivity index (χ2n) is 3.03. The number of carboxylic acids is 1. The highest BCUT2D eigenvalue weighted by Crippen LogP contribution is 2.14. The molecule has 1 atom stereocenters. The number of carboxylic acid groups (broad SMARTS) is 1. The fourth-order valence-electron chi connectivity index (χ4n) is 1.07. The van der Waals surface area contributed by atoms with Gasteiger partial charge in [-0.3, -0.25) is 4.79 Å². The minimum atomic E-state index is -1.13. The average Bonchev–Trinajstić information content (AvgIpc) is 2.25. The van der Waals surface area contributed by atoms with E-state index in [0.717, 1.165) is 0 Å². The van der Waals surface area contributed by atoms with Gasteiger partial charge in [-0.25, -0.2) is 4.79 Å². The molecule has 4 nitrogen and oxygen atoms in total. The Morgan fingerprint density at radius 2 is 2.06 bits per heavy atom. The number of thiol groups is 1. The monoisotopic (exact) mass is 259 g/mol. The van der Waals surface area contributed by atoms with E-state index >= 15 is 0 Å². The Bertz CT molecular complexity index is 411. The number of hydrogen-bond donors (Lipinski definition) is 3. The Balaban J connectivity index is 2.80. The van der Waals surface area contributed by atoms with Crippen molar-refractivity contribution < 1.29 is 14.7 Å². The molecule has 0 aliphatic rings. The first-order valence-electron chi connectivity index (χ1n) is 4.45. The molecular formula is C10H10ClNO3S. The Labute approximate surface area is 103 Å². The third-order valence-corrected chi connectivity index (χ3v) is 2.60. The molecule has 0 saturated heterocycles. The van der Waals surface area contributed by atoms with E-state index in [2.05, 4.69) is 17.9 Å². The molecule has 86 valence electrons. The summed E-state index contributed by atoms with van der Waals surface area (Å²) in [7, 11) is 0. The van der Waals surface area contributed by atoms with Crippen LogP contribution >= 0.6 is 24.2 Å². The van der Waals surface area contributed by atoms with Gasteiger partial charge in [0.2, 0.25) is 0 Å². The highest BCUT2D eigenvalue weighted by atomic mass is 35.5. The van der Waals surface area contributed by atoms with Gasteiger partial charge in [0.1, 0.15) is 6.04 Å². The summed E-state index contributed by atoms with van der Waals surface area (Å²) in [5.74, 6) is -1.63. The zero-order valence-electron chi connectivity index (χ0n) is 8.18. The summed E-state index contributed by atoms with van der Waals surface area (Å²) in [6.07, 6.45) is 0. The summed E-state index contributed by atoms with van der Waals surface area (Å²) in [6, 6.07) is 5.40. The molecule has 0 aromatic heterocycles. The quantitative estimate of drug-likeness (QED) is 0.717.